The molecule has 0 heterocycles. The fourth-order valence-electron chi connectivity index (χ4n) is 0.779. The normalized spacial score (nSPS) is 14.8. The Bertz CT molecular complexity index is 112. The molecule has 2 heteroatoms. The number of rotatable bonds is 6. The second-order valence-electron chi connectivity index (χ2n) is 4.04. The van der Waals surface area contributed by atoms with Crippen LogP contribution in [0.1, 0.15) is 40.5 Å². The van der Waals surface area contributed by atoms with Crippen molar-refractivity contribution in [2.24, 2.45) is 5.92 Å². The third kappa shape index (κ3) is 6.01. The standard InChI is InChI=1S/C10H21BrO/c1-5-9(2)6-7-12-10(3,4)8-11/h9H,5-8H2,1-4H3. The number of ether oxygens (including phenoxy) is 1. The molecule has 0 bridgehead atoms. The minimum Gasteiger partial charge on any atom is -0.375 e. The van der Waals surface area contributed by atoms with Crippen LogP contribution in [0.3, 0.4) is 0 Å². The molecule has 0 fully saturated rings. The molecule has 0 aromatic carbocycles. The van der Waals surface area contributed by atoms with Gasteiger partial charge in [0, 0.05) is 11.9 Å². The molecule has 1 nitrogen and oxygen atoms in total. The van der Waals surface area contributed by atoms with E-state index in [1.54, 1.807) is 0 Å². The van der Waals surface area contributed by atoms with Gasteiger partial charge in [-0.05, 0) is 26.2 Å². The van der Waals surface area contributed by atoms with Crippen LogP contribution in [0.4, 0.5) is 0 Å². The first-order valence-corrected chi connectivity index (χ1v) is 5.84. The maximum Gasteiger partial charge on any atom is 0.0722 e. The van der Waals surface area contributed by atoms with Crippen LogP contribution in [0.5, 0.6) is 0 Å². The molecule has 0 aliphatic carbocycles. The minimum atomic E-state index is -0.00649. The molecule has 0 aliphatic rings. The summed E-state index contributed by atoms with van der Waals surface area (Å²) in [7, 11) is 0. The predicted octanol–water partition coefficient (Wildman–Crippen LogP) is 3.61. The lowest BCUT2D eigenvalue weighted by Crippen LogP contribution is -2.27. The van der Waals surface area contributed by atoms with Crippen LogP contribution in [0.15, 0.2) is 0 Å². The average molecular weight is 237 g/mol. The van der Waals surface area contributed by atoms with E-state index in [1.807, 2.05) is 0 Å². The number of halogens is 1. The molecule has 0 saturated carbocycles. The average Bonchev–Trinajstić information content (AvgIpc) is 2.04. The van der Waals surface area contributed by atoms with E-state index < -0.39 is 0 Å². The molecule has 0 spiro atoms. The molecule has 0 aromatic rings. The van der Waals surface area contributed by atoms with Gasteiger partial charge in [-0.2, -0.15) is 0 Å². The van der Waals surface area contributed by atoms with Crippen molar-refractivity contribution in [3.05, 3.63) is 0 Å². The molecule has 0 N–H and O–H groups in total. The fourth-order valence-corrected chi connectivity index (χ4v) is 0.941. The molecule has 1 atom stereocenters. The summed E-state index contributed by atoms with van der Waals surface area (Å²) in [6, 6.07) is 0. The summed E-state index contributed by atoms with van der Waals surface area (Å²) in [5, 5.41) is 0.903. The molecule has 1 unspecified atom stereocenters. The maximum atomic E-state index is 5.70. The van der Waals surface area contributed by atoms with Crippen LogP contribution in [0.2, 0.25) is 0 Å². The first-order chi connectivity index (χ1) is 5.52. The second-order valence-corrected chi connectivity index (χ2v) is 4.60. The van der Waals surface area contributed by atoms with E-state index in [0.717, 1.165) is 17.9 Å². The molecule has 0 amide bonds. The number of hydrogen-bond donors (Lipinski definition) is 0. The molecular weight excluding hydrogens is 216 g/mol. The van der Waals surface area contributed by atoms with Gasteiger partial charge in [-0.1, -0.05) is 36.2 Å². The van der Waals surface area contributed by atoms with Gasteiger partial charge in [-0.25, -0.2) is 0 Å². The third-order valence-corrected chi connectivity index (χ3v) is 3.47. The third-order valence-electron chi connectivity index (χ3n) is 2.12. The Morgan fingerprint density at radius 3 is 2.42 bits per heavy atom. The summed E-state index contributed by atoms with van der Waals surface area (Å²) in [5.74, 6) is 0.788. The van der Waals surface area contributed by atoms with Gasteiger partial charge in [0.15, 0.2) is 0 Å². The Morgan fingerprint density at radius 1 is 1.42 bits per heavy atom. The van der Waals surface area contributed by atoms with Crippen molar-refractivity contribution in [3.63, 3.8) is 0 Å². The predicted molar refractivity (Wildman–Crippen MR) is 57.9 cm³/mol. The van der Waals surface area contributed by atoms with E-state index >= 15 is 0 Å². The van der Waals surface area contributed by atoms with Crippen molar-refractivity contribution in [3.8, 4) is 0 Å². The Hall–Kier alpha value is 0.440. The van der Waals surface area contributed by atoms with Crippen LogP contribution in [-0.4, -0.2) is 17.5 Å². The van der Waals surface area contributed by atoms with E-state index in [2.05, 4.69) is 43.6 Å². The molecule has 0 aromatic heterocycles. The lowest BCUT2D eigenvalue weighted by atomic mass is 10.1. The molecule has 0 rings (SSSR count). The molecule has 74 valence electrons. The van der Waals surface area contributed by atoms with Crippen molar-refractivity contribution in [1.29, 1.82) is 0 Å². The Labute approximate surface area is 85.0 Å². The molecule has 0 radical (unpaired) electrons. The monoisotopic (exact) mass is 236 g/mol. The highest BCUT2D eigenvalue weighted by Gasteiger charge is 2.15. The quantitative estimate of drug-likeness (QED) is 0.641. The van der Waals surface area contributed by atoms with Crippen LogP contribution in [-0.2, 0) is 4.74 Å². The first-order valence-electron chi connectivity index (χ1n) is 4.71. The van der Waals surface area contributed by atoms with Crippen LogP contribution < -0.4 is 0 Å². The van der Waals surface area contributed by atoms with Gasteiger partial charge >= 0.3 is 0 Å². The summed E-state index contributed by atoms with van der Waals surface area (Å²) in [6.45, 7) is 9.59. The van der Waals surface area contributed by atoms with E-state index in [0.29, 0.717) is 0 Å². The molecule has 12 heavy (non-hydrogen) atoms. The Balaban J connectivity index is 3.42. The van der Waals surface area contributed by atoms with Crippen LogP contribution >= 0.6 is 15.9 Å². The smallest absolute Gasteiger partial charge is 0.0722 e. The van der Waals surface area contributed by atoms with Crippen molar-refractivity contribution in [1.82, 2.24) is 0 Å². The van der Waals surface area contributed by atoms with Gasteiger partial charge < -0.3 is 4.74 Å². The van der Waals surface area contributed by atoms with Gasteiger partial charge in [-0.15, -0.1) is 0 Å². The van der Waals surface area contributed by atoms with E-state index in [1.165, 1.54) is 12.8 Å². The fraction of sp³-hybridized carbons (Fsp3) is 1.00. The lowest BCUT2D eigenvalue weighted by molar-refractivity contribution is -0.00412. The molecule has 0 saturated heterocycles. The Morgan fingerprint density at radius 2 is 2.00 bits per heavy atom. The van der Waals surface area contributed by atoms with Gasteiger partial charge in [0.1, 0.15) is 0 Å². The summed E-state index contributed by atoms with van der Waals surface area (Å²) in [4.78, 5) is 0. The van der Waals surface area contributed by atoms with Crippen LogP contribution in [0, 0.1) is 5.92 Å². The zero-order valence-electron chi connectivity index (χ0n) is 8.69. The topological polar surface area (TPSA) is 9.23 Å². The van der Waals surface area contributed by atoms with Gasteiger partial charge in [-0.3, -0.25) is 0 Å². The molecule has 0 aliphatic heterocycles. The summed E-state index contributed by atoms with van der Waals surface area (Å²) < 4.78 is 5.70. The van der Waals surface area contributed by atoms with E-state index in [-0.39, 0.29) is 5.60 Å². The number of hydrogen-bond acceptors (Lipinski definition) is 1. The first kappa shape index (κ1) is 12.4. The van der Waals surface area contributed by atoms with Crippen molar-refractivity contribution < 1.29 is 4.74 Å². The lowest BCUT2D eigenvalue weighted by Gasteiger charge is -2.23. The second kappa shape index (κ2) is 5.98. The summed E-state index contributed by atoms with van der Waals surface area (Å²) in [6.07, 6.45) is 2.42. The Kier molecular flexibility index (Phi) is 6.20. The highest BCUT2D eigenvalue weighted by atomic mass is 79.9. The molecular formula is C10H21BrO. The highest BCUT2D eigenvalue weighted by Crippen LogP contribution is 2.14. The van der Waals surface area contributed by atoms with Crippen molar-refractivity contribution in [2.75, 3.05) is 11.9 Å². The van der Waals surface area contributed by atoms with Crippen molar-refractivity contribution >= 4 is 15.9 Å². The largest absolute Gasteiger partial charge is 0.375 e. The minimum absolute atomic E-state index is 0.00649. The highest BCUT2D eigenvalue weighted by molar-refractivity contribution is 9.09. The number of alkyl halides is 1. The zero-order chi connectivity index (χ0) is 9.61. The SMILES string of the molecule is CCC(C)CCOC(C)(C)CBr. The maximum absolute atomic E-state index is 5.70. The van der Waals surface area contributed by atoms with Crippen molar-refractivity contribution in [2.45, 2.75) is 46.1 Å². The zero-order valence-corrected chi connectivity index (χ0v) is 10.3. The van der Waals surface area contributed by atoms with Gasteiger partial charge in [0.2, 0.25) is 0 Å². The van der Waals surface area contributed by atoms with E-state index in [4.69, 9.17) is 4.74 Å². The summed E-state index contributed by atoms with van der Waals surface area (Å²) in [5.41, 5.74) is -0.00649. The van der Waals surface area contributed by atoms with Crippen LogP contribution in [0.25, 0.3) is 0 Å². The van der Waals surface area contributed by atoms with E-state index in [9.17, 15) is 0 Å². The van der Waals surface area contributed by atoms with Gasteiger partial charge in [0.05, 0.1) is 5.60 Å². The van der Waals surface area contributed by atoms with Gasteiger partial charge in [0.25, 0.3) is 0 Å². The summed E-state index contributed by atoms with van der Waals surface area (Å²) >= 11 is 3.43.